The molecule has 0 radical (unpaired) electrons. The number of rotatable bonds is 4. The number of anilines is 1. The van der Waals surface area contributed by atoms with Crippen molar-refractivity contribution >= 4 is 23.2 Å². The number of non-ortho nitro benzene ring substituents is 1. The van der Waals surface area contributed by atoms with Crippen LogP contribution in [0.25, 0.3) is 0 Å². The molecular weight excluding hydrogens is 334 g/mol. The molecule has 0 bridgehead atoms. The molecule has 2 aromatic carbocycles. The summed E-state index contributed by atoms with van der Waals surface area (Å²) in [7, 11) is 0. The second kappa shape index (κ2) is 7.77. The number of urea groups is 1. The summed E-state index contributed by atoms with van der Waals surface area (Å²) in [4.78, 5) is 36.6. The fraction of sp³-hybridized carbons (Fsp3) is 0.263. The van der Waals surface area contributed by atoms with E-state index in [-0.39, 0.29) is 23.4 Å². The number of carbonyl (C=O) groups is 2. The average molecular weight is 353 g/mol. The van der Waals surface area contributed by atoms with Gasteiger partial charge in [0.15, 0.2) is 5.78 Å². The van der Waals surface area contributed by atoms with E-state index in [0.717, 1.165) is 0 Å². The number of likely N-dealkylation sites (tertiary alicyclic amines) is 1. The van der Waals surface area contributed by atoms with Crippen molar-refractivity contribution in [3.8, 4) is 0 Å². The summed E-state index contributed by atoms with van der Waals surface area (Å²) in [5.74, 6) is 0.0573. The van der Waals surface area contributed by atoms with Gasteiger partial charge in [0.05, 0.1) is 4.92 Å². The van der Waals surface area contributed by atoms with Crippen molar-refractivity contribution in [3.05, 3.63) is 70.3 Å². The van der Waals surface area contributed by atoms with Crippen LogP contribution in [0.15, 0.2) is 54.6 Å². The van der Waals surface area contributed by atoms with Crippen molar-refractivity contribution in [1.29, 1.82) is 0 Å². The van der Waals surface area contributed by atoms with Gasteiger partial charge in [0.2, 0.25) is 0 Å². The van der Waals surface area contributed by atoms with E-state index in [1.807, 2.05) is 30.3 Å². The SMILES string of the molecule is O=C(c1ccccc1)C1CCN(C(=O)Nc2ccc([N+](=O)[O-])cc2)CC1. The molecule has 3 rings (SSSR count). The molecule has 0 atom stereocenters. The molecule has 0 aliphatic carbocycles. The highest BCUT2D eigenvalue weighted by Gasteiger charge is 2.27. The van der Waals surface area contributed by atoms with E-state index in [0.29, 0.717) is 37.2 Å². The van der Waals surface area contributed by atoms with Crippen molar-refractivity contribution in [2.45, 2.75) is 12.8 Å². The van der Waals surface area contributed by atoms with Crippen LogP contribution < -0.4 is 5.32 Å². The number of carbonyl (C=O) groups excluding carboxylic acids is 2. The zero-order chi connectivity index (χ0) is 18.5. The summed E-state index contributed by atoms with van der Waals surface area (Å²) in [6.45, 7) is 1.00. The predicted molar refractivity (Wildman–Crippen MR) is 97.2 cm³/mol. The van der Waals surface area contributed by atoms with Crippen LogP contribution in [-0.2, 0) is 0 Å². The molecule has 0 aromatic heterocycles. The Kier molecular flexibility index (Phi) is 5.26. The van der Waals surface area contributed by atoms with Gasteiger partial charge in [0.25, 0.3) is 5.69 Å². The maximum atomic E-state index is 12.5. The number of hydrogen-bond donors (Lipinski definition) is 1. The van der Waals surface area contributed by atoms with E-state index < -0.39 is 4.92 Å². The van der Waals surface area contributed by atoms with Gasteiger partial charge in [-0.25, -0.2) is 4.79 Å². The number of amides is 2. The van der Waals surface area contributed by atoms with Crippen LogP contribution in [0.5, 0.6) is 0 Å². The first-order valence-corrected chi connectivity index (χ1v) is 8.44. The molecule has 134 valence electrons. The molecule has 0 spiro atoms. The quantitative estimate of drug-likeness (QED) is 0.515. The summed E-state index contributed by atoms with van der Waals surface area (Å²) >= 11 is 0. The average Bonchev–Trinajstić information content (AvgIpc) is 2.68. The second-order valence-electron chi connectivity index (χ2n) is 6.23. The Morgan fingerprint density at radius 3 is 2.19 bits per heavy atom. The highest BCUT2D eigenvalue weighted by Crippen LogP contribution is 2.23. The van der Waals surface area contributed by atoms with Crippen LogP contribution in [0.4, 0.5) is 16.2 Å². The van der Waals surface area contributed by atoms with Crippen LogP contribution in [0.2, 0.25) is 0 Å². The second-order valence-corrected chi connectivity index (χ2v) is 6.23. The first-order valence-electron chi connectivity index (χ1n) is 8.44. The van der Waals surface area contributed by atoms with Gasteiger partial charge in [-0.05, 0) is 25.0 Å². The smallest absolute Gasteiger partial charge is 0.321 e. The third kappa shape index (κ3) is 4.05. The molecule has 7 heteroatoms. The lowest BCUT2D eigenvalue weighted by Gasteiger charge is -2.31. The van der Waals surface area contributed by atoms with E-state index in [1.165, 1.54) is 24.3 Å². The number of nitrogens with one attached hydrogen (secondary N) is 1. The highest BCUT2D eigenvalue weighted by atomic mass is 16.6. The molecule has 7 nitrogen and oxygen atoms in total. The monoisotopic (exact) mass is 353 g/mol. The Hall–Kier alpha value is -3.22. The van der Waals surface area contributed by atoms with Gasteiger partial charge >= 0.3 is 6.03 Å². The van der Waals surface area contributed by atoms with Gasteiger partial charge in [0, 0.05) is 42.4 Å². The van der Waals surface area contributed by atoms with Crippen LogP contribution in [0.1, 0.15) is 23.2 Å². The van der Waals surface area contributed by atoms with Gasteiger partial charge in [-0.1, -0.05) is 30.3 Å². The third-order valence-corrected chi connectivity index (χ3v) is 4.54. The zero-order valence-electron chi connectivity index (χ0n) is 14.1. The molecule has 1 saturated heterocycles. The molecular formula is C19H19N3O4. The number of hydrogen-bond acceptors (Lipinski definition) is 4. The van der Waals surface area contributed by atoms with Crippen LogP contribution in [0.3, 0.4) is 0 Å². The highest BCUT2D eigenvalue weighted by molar-refractivity contribution is 5.98. The largest absolute Gasteiger partial charge is 0.324 e. The first kappa shape index (κ1) is 17.6. The predicted octanol–water partition coefficient (Wildman–Crippen LogP) is 3.72. The van der Waals surface area contributed by atoms with Gasteiger partial charge < -0.3 is 10.2 Å². The zero-order valence-corrected chi connectivity index (χ0v) is 14.1. The molecule has 0 unspecified atom stereocenters. The number of nitrogens with zero attached hydrogens (tertiary/aromatic N) is 2. The minimum absolute atomic E-state index is 0.0248. The number of nitro groups is 1. The summed E-state index contributed by atoms with van der Waals surface area (Å²) in [6, 6.07) is 14.6. The molecule has 1 aliphatic heterocycles. The molecule has 1 heterocycles. The van der Waals surface area contributed by atoms with Crippen molar-refractivity contribution in [1.82, 2.24) is 4.90 Å². The van der Waals surface area contributed by atoms with Crippen LogP contribution >= 0.6 is 0 Å². The van der Waals surface area contributed by atoms with E-state index in [9.17, 15) is 19.7 Å². The Morgan fingerprint density at radius 2 is 1.62 bits per heavy atom. The van der Waals surface area contributed by atoms with Gasteiger partial charge in [-0.3, -0.25) is 14.9 Å². The van der Waals surface area contributed by atoms with Gasteiger partial charge in [-0.2, -0.15) is 0 Å². The maximum absolute atomic E-state index is 12.5. The van der Waals surface area contributed by atoms with Crippen molar-refractivity contribution < 1.29 is 14.5 Å². The van der Waals surface area contributed by atoms with Gasteiger partial charge in [-0.15, -0.1) is 0 Å². The lowest BCUT2D eigenvalue weighted by molar-refractivity contribution is -0.384. The molecule has 2 aromatic rings. The van der Waals surface area contributed by atoms with Crippen LogP contribution in [-0.4, -0.2) is 34.7 Å². The Balaban J connectivity index is 1.53. The number of Topliss-reactive ketones (excluding diaryl/α,β-unsaturated/α-hetero) is 1. The first-order chi connectivity index (χ1) is 12.5. The van der Waals surface area contributed by atoms with E-state index in [4.69, 9.17) is 0 Å². The Morgan fingerprint density at radius 1 is 1.00 bits per heavy atom. The molecule has 2 amide bonds. The topological polar surface area (TPSA) is 92.6 Å². The standard InChI is InChI=1S/C19H19N3O4/c23-18(14-4-2-1-3-5-14)15-10-12-21(13-11-15)19(24)20-16-6-8-17(9-7-16)22(25)26/h1-9,15H,10-13H2,(H,20,24). The van der Waals surface area contributed by atoms with Crippen LogP contribution in [0, 0.1) is 16.0 Å². The lowest BCUT2D eigenvalue weighted by Crippen LogP contribution is -2.42. The summed E-state index contributed by atoms with van der Waals surface area (Å²) in [5, 5.41) is 13.4. The molecule has 1 N–H and O–H groups in total. The minimum Gasteiger partial charge on any atom is -0.324 e. The molecule has 1 fully saturated rings. The minimum atomic E-state index is -0.486. The normalized spacial score (nSPS) is 14.7. The van der Waals surface area contributed by atoms with E-state index in [1.54, 1.807) is 4.90 Å². The van der Waals surface area contributed by atoms with E-state index in [2.05, 4.69) is 5.32 Å². The maximum Gasteiger partial charge on any atom is 0.321 e. The van der Waals surface area contributed by atoms with Crippen molar-refractivity contribution in [3.63, 3.8) is 0 Å². The van der Waals surface area contributed by atoms with E-state index >= 15 is 0 Å². The molecule has 1 aliphatic rings. The Labute approximate surface area is 150 Å². The fourth-order valence-electron chi connectivity index (χ4n) is 3.05. The van der Waals surface area contributed by atoms with Crippen molar-refractivity contribution in [2.75, 3.05) is 18.4 Å². The summed E-state index contributed by atoms with van der Waals surface area (Å²) < 4.78 is 0. The summed E-state index contributed by atoms with van der Waals surface area (Å²) in [6.07, 6.45) is 1.25. The number of piperidine rings is 1. The third-order valence-electron chi connectivity index (χ3n) is 4.54. The number of benzene rings is 2. The van der Waals surface area contributed by atoms with Gasteiger partial charge in [0.1, 0.15) is 0 Å². The fourth-order valence-corrected chi connectivity index (χ4v) is 3.05. The summed E-state index contributed by atoms with van der Waals surface area (Å²) in [5.41, 5.74) is 1.19. The Bertz CT molecular complexity index is 797. The number of ketones is 1. The lowest BCUT2D eigenvalue weighted by atomic mass is 9.89. The number of nitro benzene ring substituents is 1. The molecule has 26 heavy (non-hydrogen) atoms. The molecule has 0 saturated carbocycles. The van der Waals surface area contributed by atoms with Crippen molar-refractivity contribution in [2.24, 2.45) is 5.92 Å².